The summed E-state index contributed by atoms with van der Waals surface area (Å²) in [4.78, 5) is 3.81. The van der Waals surface area contributed by atoms with Crippen LogP contribution in [0.3, 0.4) is 0 Å². The zero-order valence-electron chi connectivity index (χ0n) is 10.4. The number of nitrogens with zero attached hydrogens (tertiary/aromatic N) is 1. The van der Waals surface area contributed by atoms with E-state index in [0.29, 0.717) is 12.0 Å². The van der Waals surface area contributed by atoms with Crippen LogP contribution in [0.25, 0.3) is 0 Å². The van der Waals surface area contributed by atoms with Crippen molar-refractivity contribution < 1.29 is 9.13 Å². The van der Waals surface area contributed by atoms with Gasteiger partial charge in [0, 0.05) is 16.7 Å². The number of benzene rings is 1. The lowest BCUT2D eigenvalue weighted by atomic mass is 10.0. The van der Waals surface area contributed by atoms with Crippen molar-refractivity contribution in [2.24, 2.45) is 5.73 Å². The summed E-state index contributed by atoms with van der Waals surface area (Å²) in [7, 11) is 1.61. The third-order valence-electron chi connectivity index (χ3n) is 2.84. The molecule has 0 amide bonds. The molecular formula is C14H14BrFN2O. The minimum Gasteiger partial charge on any atom is -0.496 e. The van der Waals surface area contributed by atoms with Crippen LogP contribution in [-0.4, -0.2) is 12.1 Å². The van der Waals surface area contributed by atoms with Gasteiger partial charge in [-0.1, -0.05) is 15.9 Å². The highest BCUT2D eigenvalue weighted by atomic mass is 79.9. The van der Waals surface area contributed by atoms with Gasteiger partial charge in [-0.25, -0.2) is 4.39 Å². The van der Waals surface area contributed by atoms with Gasteiger partial charge in [0.15, 0.2) is 0 Å². The van der Waals surface area contributed by atoms with Crippen molar-refractivity contribution >= 4 is 15.9 Å². The SMILES string of the molecule is COc1ccc(Br)cc1CC(N)c1cncc(F)c1. The van der Waals surface area contributed by atoms with E-state index in [4.69, 9.17) is 10.5 Å². The summed E-state index contributed by atoms with van der Waals surface area (Å²) in [6.07, 6.45) is 3.29. The zero-order valence-corrected chi connectivity index (χ0v) is 12.0. The fraction of sp³-hybridized carbons (Fsp3) is 0.214. The third kappa shape index (κ3) is 3.52. The molecule has 0 aliphatic rings. The molecule has 19 heavy (non-hydrogen) atoms. The smallest absolute Gasteiger partial charge is 0.141 e. The van der Waals surface area contributed by atoms with Crippen LogP contribution < -0.4 is 10.5 Å². The number of halogens is 2. The minimum absolute atomic E-state index is 0.327. The molecule has 0 saturated carbocycles. The van der Waals surface area contributed by atoms with E-state index in [2.05, 4.69) is 20.9 Å². The van der Waals surface area contributed by atoms with E-state index in [1.807, 2.05) is 18.2 Å². The van der Waals surface area contributed by atoms with Crippen LogP contribution in [0.5, 0.6) is 5.75 Å². The quantitative estimate of drug-likeness (QED) is 0.939. The number of hydrogen-bond donors (Lipinski definition) is 1. The number of aromatic nitrogens is 1. The monoisotopic (exact) mass is 324 g/mol. The van der Waals surface area contributed by atoms with E-state index in [0.717, 1.165) is 22.0 Å². The summed E-state index contributed by atoms with van der Waals surface area (Å²) < 4.78 is 19.4. The maximum atomic E-state index is 13.1. The predicted octanol–water partition coefficient (Wildman–Crippen LogP) is 3.23. The van der Waals surface area contributed by atoms with Gasteiger partial charge in [0.25, 0.3) is 0 Å². The van der Waals surface area contributed by atoms with E-state index in [1.54, 1.807) is 13.3 Å². The van der Waals surface area contributed by atoms with Crippen LogP contribution in [0.15, 0.2) is 41.1 Å². The molecule has 1 aromatic carbocycles. The number of methoxy groups -OCH3 is 1. The van der Waals surface area contributed by atoms with Crippen molar-refractivity contribution in [3.05, 3.63) is 58.1 Å². The molecule has 3 nitrogen and oxygen atoms in total. The van der Waals surface area contributed by atoms with E-state index in [-0.39, 0.29) is 11.9 Å². The second-order valence-electron chi connectivity index (χ2n) is 4.20. The average Bonchev–Trinajstić information content (AvgIpc) is 2.39. The number of hydrogen-bond acceptors (Lipinski definition) is 3. The highest BCUT2D eigenvalue weighted by molar-refractivity contribution is 9.10. The van der Waals surface area contributed by atoms with E-state index < -0.39 is 0 Å². The Labute approximate surface area is 119 Å². The van der Waals surface area contributed by atoms with Crippen LogP contribution in [0, 0.1) is 5.82 Å². The molecule has 0 saturated heterocycles. The average molecular weight is 325 g/mol. The van der Waals surface area contributed by atoms with Crippen molar-refractivity contribution in [3.63, 3.8) is 0 Å². The Bertz CT molecular complexity index is 577. The molecule has 0 aliphatic heterocycles. The topological polar surface area (TPSA) is 48.1 Å². The van der Waals surface area contributed by atoms with E-state index in [9.17, 15) is 4.39 Å². The first-order chi connectivity index (χ1) is 9.10. The molecule has 1 aromatic heterocycles. The lowest BCUT2D eigenvalue weighted by Crippen LogP contribution is -2.14. The molecular weight excluding hydrogens is 311 g/mol. The largest absolute Gasteiger partial charge is 0.496 e. The molecule has 0 bridgehead atoms. The van der Waals surface area contributed by atoms with Gasteiger partial charge >= 0.3 is 0 Å². The number of pyridine rings is 1. The predicted molar refractivity (Wildman–Crippen MR) is 75.5 cm³/mol. The molecule has 1 atom stereocenters. The first-order valence-corrected chi connectivity index (χ1v) is 6.58. The van der Waals surface area contributed by atoms with Gasteiger partial charge in [0.1, 0.15) is 11.6 Å². The van der Waals surface area contributed by atoms with Crippen molar-refractivity contribution in [2.75, 3.05) is 7.11 Å². The van der Waals surface area contributed by atoms with Gasteiger partial charge in [-0.15, -0.1) is 0 Å². The summed E-state index contributed by atoms with van der Waals surface area (Å²) in [5.41, 5.74) is 7.73. The second-order valence-corrected chi connectivity index (χ2v) is 5.12. The molecule has 0 radical (unpaired) electrons. The molecule has 5 heteroatoms. The Morgan fingerprint density at radius 3 is 2.84 bits per heavy atom. The molecule has 1 unspecified atom stereocenters. The third-order valence-corrected chi connectivity index (χ3v) is 3.33. The van der Waals surface area contributed by atoms with Crippen LogP contribution in [0.1, 0.15) is 17.2 Å². The van der Waals surface area contributed by atoms with Gasteiger partial charge in [-0.3, -0.25) is 4.98 Å². The van der Waals surface area contributed by atoms with Crippen molar-refractivity contribution in [3.8, 4) is 5.75 Å². The van der Waals surface area contributed by atoms with E-state index in [1.165, 1.54) is 6.07 Å². The highest BCUT2D eigenvalue weighted by Crippen LogP contribution is 2.27. The highest BCUT2D eigenvalue weighted by Gasteiger charge is 2.12. The van der Waals surface area contributed by atoms with Gasteiger partial charge in [0.05, 0.1) is 13.3 Å². The van der Waals surface area contributed by atoms with Crippen LogP contribution in [0.2, 0.25) is 0 Å². The van der Waals surface area contributed by atoms with Gasteiger partial charge in [0.2, 0.25) is 0 Å². The Hall–Kier alpha value is -1.46. The first-order valence-electron chi connectivity index (χ1n) is 5.78. The maximum absolute atomic E-state index is 13.1. The minimum atomic E-state index is -0.380. The lowest BCUT2D eigenvalue weighted by Gasteiger charge is -2.14. The summed E-state index contributed by atoms with van der Waals surface area (Å²) in [5.74, 6) is 0.386. The van der Waals surface area contributed by atoms with Crippen molar-refractivity contribution in [1.82, 2.24) is 4.98 Å². The van der Waals surface area contributed by atoms with Crippen LogP contribution in [-0.2, 0) is 6.42 Å². The van der Waals surface area contributed by atoms with Crippen molar-refractivity contribution in [2.45, 2.75) is 12.5 Å². The van der Waals surface area contributed by atoms with Crippen LogP contribution in [0.4, 0.5) is 4.39 Å². The Morgan fingerprint density at radius 1 is 1.37 bits per heavy atom. The van der Waals surface area contributed by atoms with Gasteiger partial charge in [-0.2, -0.15) is 0 Å². The maximum Gasteiger partial charge on any atom is 0.141 e. The molecule has 0 aliphatic carbocycles. The first kappa shape index (κ1) is 14.0. The summed E-state index contributed by atoms with van der Waals surface area (Å²) in [6.45, 7) is 0. The summed E-state index contributed by atoms with van der Waals surface area (Å²) in [6, 6.07) is 6.80. The molecule has 100 valence electrons. The number of ether oxygens (including phenoxy) is 1. The van der Waals surface area contributed by atoms with Crippen molar-refractivity contribution in [1.29, 1.82) is 0 Å². The fourth-order valence-electron chi connectivity index (χ4n) is 1.89. The molecule has 1 heterocycles. The lowest BCUT2D eigenvalue weighted by molar-refractivity contribution is 0.408. The molecule has 2 aromatic rings. The molecule has 2 N–H and O–H groups in total. The molecule has 2 rings (SSSR count). The Kier molecular flexibility index (Phi) is 4.50. The summed E-state index contributed by atoms with van der Waals surface area (Å²) in [5, 5.41) is 0. The normalized spacial score (nSPS) is 12.2. The number of nitrogens with two attached hydrogens (primary N) is 1. The summed E-state index contributed by atoms with van der Waals surface area (Å²) >= 11 is 3.41. The Morgan fingerprint density at radius 2 is 2.16 bits per heavy atom. The Balaban J connectivity index is 2.23. The van der Waals surface area contributed by atoms with Gasteiger partial charge in [-0.05, 0) is 41.8 Å². The van der Waals surface area contributed by atoms with E-state index >= 15 is 0 Å². The number of rotatable bonds is 4. The fourth-order valence-corrected chi connectivity index (χ4v) is 2.30. The molecule has 0 spiro atoms. The zero-order chi connectivity index (χ0) is 13.8. The van der Waals surface area contributed by atoms with Crippen LogP contribution >= 0.6 is 15.9 Å². The molecule has 0 fully saturated rings. The second kappa shape index (κ2) is 6.12. The standard InChI is InChI=1S/C14H14BrFN2O/c1-19-14-3-2-11(15)4-9(14)6-13(17)10-5-12(16)8-18-7-10/h2-5,7-8,13H,6,17H2,1H3. The van der Waals surface area contributed by atoms with Gasteiger partial charge < -0.3 is 10.5 Å².